The Balaban J connectivity index is 2.00. The van der Waals surface area contributed by atoms with Crippen LogP contribution in [0.4, 0.5) is 5.69 Å². The maximum Gasteiger partial charge on any atom is 0.255 e. The van der Waals surface area contributed by atoms with Gasteiger partial charge in [-0.1, -0.05) is 29.3 Å². The van der Waals surface area contributed by atoms with Crippen molar-refractivity contribution < 1.29 is 14.7 Å². The first-order valence-electron chi connectivity index (χ1n) is 7.03. The molecule has 0 aliphatic heterocycles. The lowest BCUT2D eigenvalue weighted by molar-refractivity contribution is -0.117. The number of phenols is 1. The van der Waals surface area contributed by atoms with Crippen LogP contribution in [0.15, 0.2) is 42.5 Å². The monoisotopic (exact) mass is 332 g/mol. The Hall–Kier alpha value is -2.53. The van der Waals surface area contributed by atoms with E-state index in [-0.39, 0.29) is 17.2 Å². The molecule has 0 radical (unpaired) electrons. The third-order valence-corrected chi connectivity index (χ3v) is 3.50. The van der Waals surface area contributed by atoms with Crippen molar-refractivity contribution in [1.29, 1.82) is 0 Å². The number of amides is 2. The Kier molecular flexibility index (Phi) is 5.24. The van der Waals surface area contributed by atoms with Crippen LogP contribution in [0, 0.1) is 6.92 Å². The van der Waals surface area contributed by atoms with Gasteiger partial charge in [0.15, 0.2) is 0 Å². The van der Waals surface area contributed by atoms with Crippen molar-refractivity contribution in [2.45, 2.75) is 19.9 Å². The number of anilines is 1. The molecule has 120 valence electrons. The van der Waals surface area contributed by atoms with Crippen LogP contribution in [0.5, 0.6) is 5.75 Å². The van der Waals surface area contributed by atoms with Gasteiger partial charge in [-0.05, 0) is 44.2 Å². The number of hydrogen-bond donors (Lipinski definition) is 3. The Morgan fingerprint density at radius 2 is 1.78 bits per heavy atom. The fourth-order valence-electron chi connectivity index (χ4n) is 1.92. The van der Waals surface area contributed by atoms with Crippen LogP contribution in [-0.4, -0.2) is 23.0 Å². The smallest absolute Gasteiger partial charge is 0.255 e. The maximum atomic E-state index is 12.1. The summed E-state index contributed by atoms with van der Waals surface area (Å²) in [6.07, 6.45) is 0. The van der Waals surface area contributed by atoms with Crippen LogP contribution < -0.4 is 10.6 Å². The zero-order valence-electron chi connectivity index (χ0n) is 12.8. The van der Waals surface area contributed by atoms with Gasteiger partial charge in [0.05, 0.1) is 5.56 Å². The van der Waals surface area contributed by atoms with E-state index in [9.17, 15) is 14.7 Å². The second-order valence-corrected chi connectivity index (χ2v) is 5.65. The molecule has 0 spiro atoms. The van der Waals surface area contributed by atoms with Crippen molar-refractivity contribution in [3.05, 3.63) is 58.6 Å². The van der Waals surface area contributed by atoms with Crippen molar-refractivity contribution in [2.24, 2.45) is 0 Å². The van der Waals surface area contributed by atoms with E-state index >= 15 is 0 Å². The van der Waals surface area contributed by atoms with E-state index in [1.807, 2.05) is 19.1 Å². The lowest BCUT2D eigenvalue weighted by atomic mass is 10.1. The Morgan fingerprint density at radius 1 is 1.13 bits per heavy atom. The van der Waals surface area contributed by atoms with E-state index in [0.717, 1.165) is 5.56 Å². The number of carbonyl (C=O) groups excluding carboxylic acids is 2. The van der Waals surface area contributed by atoms with Gasteiger partial charge in [-0.2, -0.15) is 0 Å². The Labute approximate surface area is 139 Å². The molecular weight excluding hydrogens is 316 g/mol. The molecule has 3 N–H and O–H groups in total. The van der Waals surface area contributed by atoms with E-state index in [2.05, 4.69) is 10.6 Å². The van der Waals surface area contributed by atoms with Crippen LogP contribution in [-0.2, 0) is 4.79 Å². The second-order valence-electron chi connectivity index (χ2n) is 5.21. The average molecular weight is 333 g/mol. The van der Waals surface area contributed by atoms with Crippen molar-refractivity contribution in [3.8, 4) is 5.75 Å². The van der Waals surface area contributed by atoms with Crippen LogP contribution in [0.2, 0.25) is 5.02 Å². The maximum absolute atomic E-state index is 12.1. The number of aromatic hydroxyl groups is 1. The molecule has 0 heterocycles. The molecule has 6 heteroatoms. The van der Waals surface area contributed by atoms with E-state index < -0.39 is 11.9 Å². The van der Waals surface area contributed by atoms with Crippen LogP contribution in [0.1, 0.15) is 22.8 Å². The number of benzene rings is 2. The first kappa shape index (κ1) is 16.8. The molecule has 2 aromatic rings. The van der Waals surface area contributed by atoms with Crippen LogP contribution >= 0.6 is 11.6 Å². The minimum absolute atomic E-state index is 0.0596. The summed E-state index contributed by atoms with van der Waals surface area (Å²) in [5.74, 6) is -1.14. The zero-order chi connectivity index (χ0) is 17.0. The standard InChI is InChI=1S/C17H17ClN2O3/c1-10-3-6-13(7-4-10)20-16(22)11(2)19-17(23)14-8-5-12(18)9-15(14)21/h3-9,11,21H,1-2H3,(H,19,23)(H,20,22)/t11-/m0/s1. The summed E-state index contributed by atoms with van der Waals surface area (Å²) in [4.78, 5) is 24.2. The fraction of sp³-hybridized carbons (Fsp3) is 0.176. The predicted molar refractivity (Wildman–Crippen MR) is 89.9 cm³/mol. The van der Waals surface area contributed by atoms with Crippen molar-refractivity contribution in [1.82, 2.24) is 5.32 Å². The quantitative estimate of drug-likeness (QED) is 0.805. The highest BCUT2D eigenvalue weighted by Gasteiger charge is 2.18. The van der Waals surface area contributed by atoms with Crippen molar-refractivity contribution >= 4 is 29.1 Å². The number of carbonyl (C=O) groups is 2. The molecule has 0 aromatic heterocycles. The van der Waals surface area contributed by atoms with Gasteiger partial charge in [-0.25, -0.2) is 0 Å². The van der Waals surface area contributed by atoms with Gasteiger partial charge in [-0.15, -0.1) is 0 Å². The number of hydrogen-bond acceptors (Lipinski definition) is 3. The summed E-state index contributed by atoms with van der Waals surface area (Å²) in [7, 11) is 0. The number of rotatable bonds is 4. The lowest BCUT2D eigenvalue weighted by Gasteiger charge is -2.15. The molecule has 0 aliphatic rings. The number of halogens is 1. The van der Waals surface area contributed by atoms with Crippen LogP contribution in [0.3, 0.4) is 0 Å². The molecule has 0 fully saturated rings. The summed E-state index contributed by atoms with van der Waals surface area (Å²) in [6.45, 7) is 3.52. The second kappa shape index (κ2) is 7.15. The van der Waals surface area contributed by atoms with Gasteiger partial charge in [0, 0.05) is 10.7 Å². The largest absolute Gasteiger partial charge is 0.507 e. The van der Waals surface area contributed by atoms with Crippen molar-refractivity contribution in [3.63, 3.8) is 0 Å². The van der Waals surface area contributed by atoms with Gasteiger partial charge in [0.1, 0.15) is 11.8 Å². The molecule has 0 unspecified atom stereocenters. The molecule has 23 heavy (non-hydrogen) atoms. The molecule has 0 saturated heterocycles. The lowest BCUT2D eigenvalue weighted by Crippen LogP contribution is -2.41. The van der Waals surface area contributed by atoms with Gasteiger partial charge < -0.3 is 15.7 Å². The van der Waals surface area contributed by atoms with E-state index in [1.54, 1.807) is 19.1 Å². The molecule has 0 aliphatic carbocycles. The Bertz CT molecular complexity index is 729. The van der Waals surface area contributed by atoms with E-state index in [1.165, 1.54) is 18.2 Å². The highest BCUT2D eigenvalue weighted by atomic mass is 35.5. The SMILES string of the molecule is Cc1ccc(NC(=O)[C@H](C)NC(=O)c2ccc(Cl)cc2O)cc1. The van der Waals surface area contributed by atoms with Crippen LogP contribution in [0.25, 0.3) is 0 Å². The molecule has 2 aromatic carbocycles. The molecular formula is C17H17ClN2O3. The van der Waals surface area contributed by atoms with Gasteiger partial charge in [-0.3, -0.25) is 9.59 Å². The molecule has 2 rings (SSSR count). The third kappa shape index (κ3) is 4.47. The molecule has 0 saturated carbocycles. The summed E-state index contributed by atoms with van der Waals surface area (Å²) in [5, 5.41) is 15.3. The summed E-state index contributed by atoms with van der Waals surface area (Å²) in [5.41, 5.74) is 1.79. The summed E-state index contributed by atoms with van der Waals surface area (Å²) < 4.78 is 0. The highest BCUT2D eigenvalue weighted by Crippen LogP contribution is 2.21. The zero-order valence-corrected chi connectivity index (χ0v) is 13.5. The Morgan fingerprint density at radius 3 is 2.39 bits per heavy atom. The van der Waals surface area contributed by atoms with Gasteiger partial charge >= 0.3 is 0 Å². The number of phenolic OH excluding ortho intramolecular Hbond substituents is 1. The summed E-state index contributed by atoms with van der Waals surface area (Å²) in [6, 6.07) is 10.7. The topological polar surface area (TPSA) is 78.4 Å². The minimum Gasteiger partial charge on any atom is -0.507 e. The average Bonchev–Trinajstić information content (AvgIpc) is 2.49. The van der Waals surface area contributed by atoms with Crippen molar-refractivity contribution in [2.75, 3.05) is 5.32 Å². The predicted octanol–water partition coefficient (Wildman–Crippen LogP) is 3.11. The minimum atomic E-state index is -0.765. The first-order valence-corrected chi connectivity index (χ1v) is 7.41. The molecule has 1 atom stereocenters. The fourth-order valence-corrected chi connectivity index (χ4v) is 2.09. The third-order valence-electron chi connectivity index (χ3n) is 3.26. The highest BCUT2D eigenvalue weighted by molar-refractivity contribution is 6.30. The van der Waals surface area contributed by atoms with Gasteiger partial charge in [0.25, 0.3) is 5.91 Å². The molecule has 0 bridgehead atoms. The number of nitrogens with one attached hydrogen (secondary N) is 2. The van der Waals surface area contributed by atoms with E-state index in [0.29, 0.717) is 10.7 Å². The molecule has 5 nitrogen and oxygen atoms in total. The van der Waals surface area contributed by atoms with Gasteiger partial charge in [0.2, 0.25) is 5.91 Å². The number of aryl methyl sites for hydroxylation is 1. The molecule has 2 amide bonds. The summed E-state index contributed by atoms with van der Waals surface area (Å²) >= 11 is 5.72. The van der Waals surface area contributed by atoms with E-state index in [4.69, 9.17) is 11.6 Å². The normalized spacial score (nSPS) is 11.6. The first-order chi connectivity index (χ1) is 10.9.